The van der Waals surface area contributed by atoms with E-state index in [1.807, 2.05) is 18.2 Å². The van der Waals surface area contributed by atoms with Crippen molar-refractivity contribution in [3.8, 4) is 0 Å². The van der Waals surface area contributed by atoms with E-state index in [0.717, 1.165) is 5.56 Å². The number of likely N-dealkylation sites (N-methyl/N-ethyl adjacent to an activating group) is 1. The summed E-state index contributed by atoms with van der Waals surface area (Å²) in [5.74, 6) is -1.64. The second-order valence-corrected chi connectivity index (χ2v) is 9.01. The number of esters is 1. The molecular formula is C26H23ClN2O5. The quantitative estimate of drug-likeness (QED) is 0.675. The molecule has 2 heterocycles. The second-order valence-electron chi connectivity index (χ2n) is 8.57. The normalized spacial score (nSPS) is 23.7. The SMILES string of the molecule is CCOC(=O)C1=C(N)OC2=C(C(=O)CC(c3cccc(Cl)c3)C2)C12C(=O)N(C)c1ccccc12. The first-order valence-electron chi connectivity index (χ1n) is 11.1. The van der Waals surface area contributed by atoms with Crippen molar-refractivity contribution in [2.24, 2.45) is 5.73 Å². The van der Waals surface area contributed by atoms with Gasteiger partial charge in [-0.1, -0.05) is 41.9 Å². The highest BCUT2D eigenvalue weighted by molar-refractivity contribution is 6.30. The molecule has 174 valence electrons. The van der Waals surface area contributed by atoms with Crippen molar-refractivity contribution in [2.75, 3.05) is 18.6 Å². The number of fused-ring (bicyclic) bond motifs is 3. The molecule has 5 rings (SSSR count). The number of allylic oxidation sites excluding steroid dienone is 1. The first-order valence-corrected chi connectivity index (χ1v) is 11.4. The molecule has 1 aliphatic carbocycles. The third kappa shape index (κ3) is 3.00. The first-order chi connectivity index (χ1) is 16.3. The number of nitrogens with two attached hydrogens (primary N) is 1. The third-order valence-corrected chi connectivity index (χ3v) is 6.98. The first kappa shape index (κ1) is 22.2. The number of hydrogen-bond acceptors (Lipinski definition) is 6. The van der Waals surface area contributed by atoms with Gasteiger partial charge >= 0.3 is 5.97 Å². The molecule has 2 N–H and O–H groups in total. The summed E-state index contributed by atoms with van der Waals surface area (Å²) in [5, 5.41) is 0.566. The van der Waals surface area contributed by atoms with Crippen molar-refractivity contribution >= 4 is 34.9 Å². The lowest BCUT2D eigenvalue weighted by molar-refractivity contribution is -0.141. The maximum absolute atomic E-state index is 14.0. The zero-order valence-corrected chi connectivity index (χ0v) is 19.5. The lowest BCUT2D eigenvalue weighted by Crippen LogP contribution is -2.51. The van der Waals surface area contributed by atoms with Gasteiger partial charge in [0.1, 0.15) is 16.7 Å². The van der Waals surface area contributed by atoms with Crippen molar-refractivity contribution in [1.29, 1.82) is 0 Å². The molecule has 1 amide bonds. The third-order valence-electron chi connectivity index (χ3n) is 6.75. The Balaban J connectivity index is 1.75. The van der Waals surface area contributed by atoms with Crippen LogP contribution in [0.2, 0.25) is 5.02 Å². The van der Waals surface area contributed by atoms with Crippen molar-refractivity contribution < 1.29 is 23.9 Å². The molecule has 34 heavy (non-hydrogen) atoms. The summed E-state index contributed by atoms with van der Waals surface area (Å²) in [5.41, 5.74) is 6.60. The average molecular weight is 479 g/mol. The lowest BCUT2D eigenvalue weighted by atomic mass is 9.63. The number of carbonyl (C=O) groups is 3. The molecular weight excluding hydrogens is 456 g/mol. The Bertz CT molecular complexity index is 1310. The zero-order valence-electron chi connectivity index (χ0n) is 18.8. The highest BCUT2D eigenvalue weighted by Crippen LogP contribution is 2.56. The van der Waals surface area contributed by atoms with E-state index >= 15 is 0 Å². The van der Waals surface area contributed by atoms with Crippen molar-refractivity contribution in [1.82, 2.24) is 0 Å². The molecule has 3 aliphatic rings. The van der Waals surface area contributed by atoms with Crippen LogP contribution in [0.1, 0.15) is 36.8 Å². The predicted octanol–water partition coefficient (Wildman–Crippen LogP) is 3.72. The lowest BCUT2D eigenvalue weighted by Gasteiger charge is -2.40. The van der Waals surface area contributed by atoms with Gasteiger partial charge < -0.3 is 20.1 Å². The number of ether oxygens (including phenoxy) is 2. The fourth-order valence-corrected chi connectivity index (χ4v) is 5.58. The van der Waals surface area contributed by atoms with Gasteiger partial charge in [0.05, 0.1) is 12.2 Å². The fourth-order valence-electron chi connectivity index (χ4n) is 5.38. The molecule has 2 atom stereocenters. The van der Waals surface area contributed by atoms with Crippen LogP contribution in [-0.2, 0) is 29.3 Å². The van der Waals surface area contributed by atoms with Crippen LogP contribution in [0.3, 0.4) is 0 Å². The number of hydrogen-bond donors (Lipinski definition) is 1. The van der Waals surface area contributed by atoms with E-state index in [2.05, 4.69) is 0 Å². The summed E-state index contributed by atoms with van der Waals surface area (Å²) in [6, 6.07) is 14.4. The number of ketones is 1. The molecule has 0 saturated heterocycles. The Morgan fingerprint density at radius 3 is 2.71 bits per heavy atom. The Kier molecular flexibility index (Phi) is 5.24. The monoisotopic (exact) mass is 478 g/mol. The molecule has 2 aliphatic heterocycles. The predicted molar refractivity (Wildman–Crippen MR) is 126 cm³/mol. The molecule has 1 spiro atoms. The topological polar surface area (TPSA) is 98.9 Å². The van der Waals surface area contributed by atoms with Crippen LogP contribution < -0.4 is 10.6 Å². The Hall–Kier alpha value is -3.58. The minimum atomic E-state index is -1.72. The smallest absolute Gasteiger partial charge is 0.341 e. The maximum atomic E-state index is 14.0. The van der Waals surface area contributed by atoms with Gasteiger partial charge in [0, 0.05) is 36.2 Å². The Labute approximate surface area is 201 Å². The van der Waals surface area contributed by atoms with Crippen LogP contribution in [0, 0.1) is 0 Å². The Morgan fingerprint density at radius 1 is 1.21 bits per heavy atom. The van der Waals surface area contributed by atoms with Gasteiger partial charge in [0.2, 0.25) is 11.8 Å². The van der Waals surface area contributed by atoms with Crippen molar-refractivity contribution in [3.05, 3.63) is 87.5 Å². The zero-order chi connectivity index (χ0) is 24.2. The van der Waals surface area contributed by atoms with Gasteiger partial charge in [0.15, 0.2) is 5.78 Å². The molecule has 2 unspecified atom stereocenters. The van der Waals surface area contributed by atoms with Crippen LogP contribution in [0.5, 0.6) is 0 Å². The van der Waals surface area contributed by atoms with Crippen molar-refractivity contribution in [3.63, 3.8) is 0 Å². The van der Waals surface area contributed by atoms with E-state index in [-0.39, 0.29) is 41.8 Å². The van der Waals surface area contributed by atoms with E-state index < -0.39 is 17.3 Å². The van der Waals surface area contributed by atoms with Crippen LogP contribution in [0.15, 0.2) is 71.3 Å². The fraction of sp³-hybridized carbons (Fsp3) is 0.269. The maximum Gasteiger partial charge on any atom is 0.341 e. The van der Waals surface area contributed by atoms with Gasteiger partial charge in [-0.2, -0.15) is 0 Å². The summed E-state index contributed by atoms with van der Waals surface area (Å²) in [7, 11) is 1.62. The van der Waals surface area contributed by atoms with Crippen LogP contribution >= 0.6 is 11.6 Å². The molecule has 0 bridgehead atoms. The highest BCUT2D eigenvalue weighted by atomic mass is 35.5. The number of benzene rings is 2. The van der Waals surface area contributed by atoms with Crippen LogP contribution in [0.25, 0.3) is 0 Å². The number of carbonyl (C=O) groups excluding carboxylic acids is 3. The molecule has 8 heteroatoms. The largest absolute Gasteiger partial charge is 0.462 e. The average Bonchev–Trinajstić information content (AvgIpc) is 3.01. The van der Waals surface area contributed by atoms with E-state index in [1.54, 1.807) is 44.3 Å². The van der Waals surface area contributed by atoms with Gasteiger partial charge in [-0.25, -0.2) is 4.79 Å². The standard InChI is InChI=1S/C26H23ClN2O5/c1-3-33-24(31)22-23(28)34-20-13-15(14-7-6-8-16(27)11-14)12-19(30)21(20)26(22)17-9-4-5-10-18(17)29(2)25(26)32/h4-11,15H,3,12-13,28H2,1-2H3. The number of nitrogens with zero attached hydrogens (tertiary/aromatic N) is 1. The molecule has 0 aromatic heterocycles. The van der Waals surface area contributed by atoms with E-state index in [0.29, 0.717) is 28.5 Å². The minimum Gasteiger partial charge on any atom is -0.462 e. The van der Waals surface area contributed by atoms with E-state index in [9.17, 15) is 14.4 Å². The summed E-state index contributed by atoms with van der Waals surface area (Å²) in [6.07, 6.45) is 0.471. The minimum absolute atomic E-state index is 0.0774. The van der Waals surface area contributed by atoms with Crippen LogP contribution in [0.4, 0.5) is 5.69 Å². The number of rotatable bonds is 3. The summed E-state index contributed by atoms with van der Waals surface area (Å²) in [4.78, 5) is 42.4. The van der Waals surface area contributed by atoms with E-state index in [4.69, 9.17) is 26.8 Å². The number of amides is 1. The Morgan fingerprint density at radius 2 is 1.97 bits per heavy atom. The van der Waals surface area contributed by atoms with Gasteiger partial charge in [-0.3, -0.25) is 9.59 Å². The summed E-state index contributed by atoms with van der Waals surface area (Å²) < 4.78 is 11.2. The van der Waals surface area contributed by atoms with Gasteiger partial charge in [0.25, 0.3) is 0 Å². The molecule has 2 aromatic carbocycles. The molecule has 2 aromatic rings. The van der Waals surface area contributed by atoms with Gasteiger partial charge in [-0.15, -0.1) is 0 Å². The molecule has 0 radical (unpaired) electrons. The van der Waals surface area contributed by atoms with E-state index in [1.165, 1.54) is 4.90 Å². The van der Waals surface area contributed by atoms with Crippen LogP contribution in [-0.4, -0.2) is 31.3 Å². The van der Waals surface area contributed by atoms with Gasteiger partial charge in [-0.05, 0) is 36.6 Å². The number of para-hydroxylation sites is 1. The number of halogens is 1. The number of Topliss-reactive ketones (excluding diaryl/α,β-unsaturated/α-hetero) is 1. The molecule has 0 fully saturated rings. The number of anilines is 1. The summed E-state index contributed by atoms with van der Waals surface area (Å²) >= 11 is 6.18. The highest BCUT2D eigenvalue weighted by Gasteiger charge is 2.63. The second kappa shape index (κ2) is 8.02. The molecule has 0 saturated carbocycles. The van der Waals surface area contributed by atoms with Crippen molar-refractivity contribution in [2.45, 2.75) is 31.1 Å². The summed E-state index contributed by atoms with van der Waals surface area (Å²) in [6.45, 7) is 1.74. The molecule has 7 nitrogen and oxygen atoms in total.